The third-order valence-electron chi connectivity index (χ3n) is 3.10. The first-order valence-electron chi connectivity index (χ1n) is 6.98. The first-order valence-corrected chi connectivity index (χ1v) is 8.78. The Bertz CT molecular complexity index is 927. The molecule has 1 aromatic carbocycles. The van der Waals surface area contributed by atoms with Crippen LogP contribution in [-0.2, 0) is 4.79 Å². The van der Waals surface area contributed by atoms with Crippen molar-refractivity contribution >= 4 is 56.0 Å². The van der Waals surface area contributed by atoms with Gasteiger partial charge in [-0.3, -0.25) is 15.5 Å². The maximum Gasteiger partial charge on any atom is 0.335 e. The zero-order chi connectivity index (χ0) is 17.8. The number of carbonyl (C=O) groups excluding carboxylic acids is 1. The van der Waals surface area contributed by atoms with Gasteiger partial charge in [-0.15, -0.1) is 0 Å². The topological polar surface area (TPSA) is 124 Å². The van der Waals surface area contributed by atoms with Crippen molar-refractivity contribution in [2.75, 3.05) is 16.5 Å². The standard InChI is InChI=1S/C15H12N4O4S2/c20-12(7-24-13-4-2-9(19-23)6-16-13)18-15-17-10-3-1-8(14(21)22)5-11(10)25-15/h1-6,19,23H,7H2,(H,21,22)(H,17,18,20). The molecule has 3 rings (SSSR count). The van der Waals surface area contributed by atoms with Crippen molar-refractivity contribution in [1.29, 1.82) is 0 Å². The number of aromatic carboxylic acids is 1. The number of aromatic nitrogens is 2. The summed E-state index contributed by atoms with van der Waals surface area (Å²) < 4.78 is 0.691. The number of carboxylic acid groups (broad SMARTS) is 1. The molecule has 4 N–H and O–H groups in total. The van der Waals surface area contributed by atoms with Crippen molar-refractivity contribution in [2.45, 2.75) is 5.03 Å². The first kappa shape index (κ1) is 17.1. The summed E-state index contributed by atoms with van der Waals surface area (Å²) in [5.74, 6) is -1.10. The Morgan fingerprint density at radius 3 is 2.76 bits per heavy atom. The average Bonchev–Trinajstić information content (AvgIpc) is 3.01. The van der Waals surface area contributed by atoms with Gasteiger partial charge in [-0.05, 0) is 30.3 Å². The Kier molecular flexibility index (Phi) is 5.12. The summed E-state index contributed by atoms with van der Waals surface area (Å²) in [7, 11) is 0. The number of anilines is 2. The van der Waals surface area contributed by atoms with E-state index < -0.39 is 5.97 Å². The Labute approximate surface area is 149 Å². The summed E-state index contributed by atoms with van der Waals surface area (Å²) in [6.07, 6.45) is 1.45. The number of pyridine rings is 1. The monoisotopic (exact) mass is 376 g/mol. The number of amides is 1. The molecule has 0 unspecified atom stereocenters. The highest BCUT2D eigenvalue weighted by atomic mass is 32.2. The summed E-state index contributed by atoms with van der Waals surface area (Å²) in [6.45, 7) is 0. The van der Waals surface area contributed by atoms with Crippen LogP contribution in [0.2, 0.25) is 0 Å². The molecule has 2 heterocycles. The van der Waals surface area contributed by atoms with Crippen LogP contribution in [-0.4, -0.2) is 37.9 Å². The fraction of sp³-hybridized carbons (Fsp3) is 0.0667. The smallest absolute Gasteiger partial charge is 0.335 e. The number of hydrogen-bond donors (Lipinski definition) is 4. The molecule has 0 saturated carbocycles. The second-order valence-electron chi connectivity index (χ2n) is 4.84. The van der Waals surface area contributed by atoms with E-state index in [4.69, 9.17) is 10.3 Å². The minimum absolute atomic E-state index is 0.148. The number of nitrogens with zero attached hydrogens (tertiary/aromatic N) is 2. The highest BCUT2D eigenvalue weighted by Crippen LogP contribution is 2.27. The molecule has 2 aromatic heterocycles. The van der Waals surface area contributed by atoms with Gasteiger partial charge in [-0.1, -0.05) is 23.1 Å². The predicted octanol–water partition coefficient (Wildman–Crippen LogP) is 2.92. The van der Waals surface area contributed by atoms with E-state index in [1.54, 1.807) is 18.2 Å². The minimum Gasteiger partial charge on any atom is -0.478 e. The normalized spacial score (nSPS) is 10.6. The SMILES string of the molecule is O=C(CSc1ccc(NO)cn1)Nc1nc2ccc(C(=O)O)cc2s1. The number of benzene rings is 1. The van der Waals surface area contributed by atoms with Crippen LogP contribution in [0.3, 0.4) is 0 Å². The quantitative estimate of drug-likeness (QED) is 0.382. The van der Waals surface area contributed by atoms with E-state index in [9.17, 15) is 9.59 Å². The zero-order valence-corrected chi connectivity index (χ0v) is 14.2. The fourth-order valence-corrected chi connectivity index (χ4v) is 3.50. The van der Waals surface area contributed by atoms with Crippen LogP contribution < -0.4 is 10.8 Å². The predicted molar refractivity (Wildman–Crippen MR) is 95.6 cm³/mol. The maximum absolute atomic E-state index is 12.0. The summed E-state index contributed by atoms with van der Waals surface area (Å²) >= 11 is 2.46. The zero-order valence-electron chi connectivity index (χ0n) is 12.6. The Morgan fingerprint density at radius 1 is 1.24 bits per heavy atom. The van der Waals surface area contributed by atoms with E-state index >= 15 is 0 Å². The Balaban J connectivity index is 1.62. The lowest BCUT2D eigenvalue weighted by Gasteiger charge is -2.02. The van der Waals surface area contributed by atoms with Gasteiger partial charge in [-0.25, -0.2) is 14.8 Å². The number of carbonyl (C=O) groups is 2. The van der Waals surface area contributed by atoms with Crippen LogP contribution in [0.25, 0.3) is 10.2 Å². The van der Waals surface area contributed by atoms with Gasteiger partial charge in [0, 0.05) is 0 Å². The van der Waals surface area contributed by atoms with Crippen LogP contribution in [0, 0.1) is 0 Å². The molecule has 1 amide bonds. The molecular formula is C15H12N4O4S2. The number of thioether (sulfide) groups is 1. The van der Waals surface area contributed by atoms with E-state index in [-0.39, 0.29) is 17.2 Å². The van der Waals surface area contributed by atoms with Gasteiger partial charge in [0.15, 0.2) is 5.13 Å². The highest BCUT2D eigenvalue weighted by molar-refractivity contribution is 7.99. The molecule has 0 fully saturated rings. The highest BCUT2D eigenvalue weighted by Gasteiger charge is 2.11. The lowest BCUT2D eigenvalue weighted by molar-refractivity contribution is -0.113. The van der Waals surface area contributed by atoms with Crippen LogP contribution in [0.15, 0.2) is 41.6 Å². The van der Waals surface area contributed by atoms with Gasteiger partial charge in [-0.2, -0.15) is 0 Å². The van der Waals surface area contributed by atoms with Gasteiger partial charge in [0.05, 0.1) is 38.4 Å². The van der Waals surface area contributed by atoms with Crippen molar-refractivity contribution in [3.63, 3.8) is 0 Å². The average molecular weight is 376 g/mol. The van der Waals surface area contributed by atoms with Crippen molar-refractivity contribution in [2.24, 2.45) is 0 Å². The number of rotatable bonds is 6. The largest absolute Gasteiger partial charge is 0.478 e. The molecule has 0 radical (unpaired) electrons. The molecule has 10 heteroatoms. The molecule has 3 aromatic rings. The Hall–Kier alpha value is -2.69. The van der Waals surface area contributed by atoms with Crippen molar-refractivity contribution in [3.8, 4) is 0 Å². The third kappa shape index (κ3) is 4.24. The van der Waals surface area contributed by atoms with Crippen LogP contribution in [0.4, 0.5) is 10.8 Å². The third-order valence-corrected chi connectivity index (χ3v) is 4.98. The lowest BCUT2D eigenvalue weighted by Crippen LogP contribution is -2.13. The van der Waals surface area contributed by atoms with Crippen LogP contribution in [0.5, 0.6) is 0 Å². The molecule has 0 aliphatic heterocycles. The van der Waals surface area contributed by atoms with E-state index in [2.05, 4.69) is 15.3 Å². The maximum atomic E-state index is 12.0. The van der Waals surface area contributed by atoms with Crippen molar-refractivity contribution in [3.05, 3.63) is 42.1 Å². The second-order valence-corrected chi connectivity index (χ2v) is 6.87. The van der Waals surface area contributed by atoms with Crippen LogP contribution >= 0.6 is 23.1 Å². The van der Waals surface area contributed by atoms with Crippen molar-refractivity contribution < 1.29 is 19.9 Å². The summed E-state index contributed by atoms with van der Waals surface area (Å²) in [5, 5.41) is 21.5. The van der Waals surface area contributed by atoms with E-state index in [0.29, 0.717) is 26.1 Å². The number of hydrogen-bond acceptors (Lipinski definition) is 8. The molecule has 128 valence electrons. The van der Waals surface area contributed by atoms with Crippen molar-refractivity contribution in [1.82, 2.24) is 9.97 Å². The van der Waals surface area contributed by atoms with Gasteiger partial charge in [0.2, 0.25) is 5.91 Å². The first-order chi connectivity index (χ1) is 12.0. The molecule has 0 aliphatic carbocycles. The van der Waals surface area contributed by atoms with Gasteiger partial charge in [0.25, 0.3) is 0 Å². The molecular weight excluding hydrogens is 364 g/mol. The van der Waals surface area contributed by atoms with Gasteiger partial charge in [0.1, 0.15) is 0 Å². The Morgan fingerprint density at radius 2 is 2.08 bits per heavy atom. The molecule has 0 aliphatic rings. The van der Waals surface area contributed by atoms with Crippen LogP contribution in [0.1, 0.15) is 10.4 Å². The second kappa shape index (κ2) is 7.47. The number of thiazole rings is 1. The van der Waals surface area contributed by atoms with Gasteiger partial charge >= 0.3 is 5.97 Å². The molecule has 0 bridgehead atoms. The summed E-state index contributed by atoms with van der Waals surface area (Å²) in [4.78, 5) is 31.3. The summed E-state index contributed by atoms with van der Waals surface area (Å²) in [6, 6.07) is 7.94. The number of fused-ring (bicyclic) bond motifs is 1. The fourth-order valence-electron chi connectivity index (χ4n) is 1.94. The van der Waals surface area contributed by atoms with E-state index in [1.807, 2.05) is 5.48 Å². The summed E-state index contributed by atoms with van der Waals surface area (Å²) in [5.41, 5.74) is 3.25. The number of carboxylic acids is 1. The van der Waals surface area contributed by atoms with E-state index in [0.717, 1.165) is 0 Å². The molecule has 25 heavy (non-hydrogen) atoms. The molecule has 0 spiro atoms. The van der Waals surface area contributed by atoms with Gasteiger partial charge < -0.3 is 10.4 Å². The number of nitrogens with one attached hydrogen (secondary N) is 2. The lowest BCUT2D eigenvalue weighted by atomic mass is 10.2. The molecule has 8 nitrogen and oxygen atoms in total. The van der Waals surface area contributed by atoms with E-state index in [1.165, 1.54) is 41.4 Å². The minimum atomic E-state index is -1.01. The molecule has 0 saturated heterocycles. The molecule has 0 atom stereocenters.